The molecule has 0 N–H and O–H groups in total. The van der Waals surface area contributed by atoms with Gasteiger partial charge in [0.05, 0.1) is 23.5 Å². The number of aryl methyl sites for hydroxylation is 2. The van der Waals surface area contributed by atoms with E-state index in [0.29, 0.717) is 11.4 Å². The van der Waals surface area contributed by atoms with Crippen LogP contribution in [0.1, 0.15) is 22.6 Å². The maximum absolute atomic E-state index is 12.9. The van der Waals surface area contributed by atoms with E-state index in [-0.39, 0.29) is 5.91 Å². The lowest BCUT2D eigenvalue weighted by molar-refractivity contribution is -0.130. The molecule has 0 radical (unpaired) electrons. The highest BCUT2D eigenvalue weighted by atomic mass is 35.5. The fourth-order valence-electron chi connectivity index (χ4n) is 3.66. The standard InChI is InChI=1S/C21H24ClN5OS/c1-14-13-29-21(23-14)26-10-8-25(9-11-26)20(28)12-19-15(2)24-27(16(19)3)18-6-4-17(22)5-7-18/h4-7,13H,8-12H2,1-3H3. The Labute approximate surface area is 179 Å². The van der Waals surface area contributed by atoms with E-state index in [9.17, 15) is 4.79 Å². The zero-order valence-electron chi connectivity index (χ0n) is 16.9. The first-order valence-corrected chi connectivity index (χ1v) is 10.9. The quantitative estimate of drug-likeness (QED) is 0.633. The number of benzene rings is 1. The molecule has 4 rings (SSSR count). The van der Waals surface area contributed by atoms with E-state index in [4.69, 9.17) is 11.6 Å². The molecule has 1 fully saturated rings. The summed E-state index contributed by atoms with van der Waals surface area (Å²) < 4.78 is 1.89. The van der Waals surface area contributed by atoms with Gasteiger partial charge in [-0.05, 0) is 45.0 Å². The molecule has 0 saturated carbocycles. The number of carbonyl (C=O) groups is 1. The number of hydrogen-bond donors (Lipinski definition) is 0. The molecular weight excluding hydrogens is 406 g/mol. The van der Waals surface area contributed by atoms with Gasteiger partial charge in [-0.1, -0.05) is 11.6 Å². The van der Waals surface area contributed by atoms with Crippen molar-refractivity contribution in [2.75, 3.05) is 31.1 Å². The predicted octanol–water partition coefficient (Wildman–Crippen LogP) is 3.80. The van der Waals surface area contributed by atoms with Crippen molar-refractivity contribution < 1.29 is 4.79 Å². The topological polar surface area (TPSA) is 54.3 Å². The van der Waals surface area contributed by atoms with Gasteiger partial charge in [0.15, 0.2) is 5.13 Å². The normalized spacial score (nSPS) is 14.5. The second-order valence-corrected chi connectivity index (χ2v) is 8.63. The molecule has 0 atom stereocenters. The summed E-state index contributed by atoms with van der Waals surface area (Å²) in [6.07, 6.45) is 0.377. The number of hydrogen-bond acceptors (Lipinski definition) is 5. The molecule has 0 aliphatic carbocycles. The minimum Gasteiger partial charge on any atom is -0.345 e. The number of anilines is 1. The van der Waals surface area contributed by atoms with Crippen LogP contribution < -0.4 is 4.90 Å². The molecule has 1 aliphatic rings. The van der Waals surface area contributed by atoms with Crippen LogP contribution in [-0.4, -0.2) is 51.8 Å². The summed E-state index contributed by atoms with van der Waals surface area (Å²) in [6.45, 7) is 9.07. The van der Waals surface area contributed by atoms with Gasteiger partial charge in [0, 0.05) is 47.8 Å². The Morgan fingerprint density at radius 1 is 1.10 bits per heavy atom. The molecule has 0 spiro atoms. The Morgan fingerprint density at radius 3 is 2.41 bits per heavy atom. The summed E-state index contributed by atoms with van der Waals surface area (Å²) in [5.41, 5.74) is 4.88. The Balaban J connectivity index is 1.43. The van der Waals surface area contributed by atoms with Gasteiger partial charge in [-0.2, -0.15) is 5.10 Å². The first-order valence-electron chi connectivity index (χ1n) is 9.68. The zero-order valence-corrected chi connectivity index (χ0v) is 18.4. The van der Waals surface area contributed by atoms with Gasteiger partial charge < -0.3 is 9.80 Å². The zero-order chi connectivity index (χ0) is 20.5. The maximum Gasteiger partial charge on any atom is 0.227 e. The van der Waals surface area contributed by atoms with Crippen molar-refractivity contribution in [2.45, 2.75) is 27.2 Å². The minimum atomic E-state index is 0.154. The van der Waals surface area contributed by atoms with Gasteiger partial charge in [0.25, 0.3) is 0 Å². The maximum atomic E-state index is 12.9. The Kier molecular flexibility index (Phi) is 5.61. The van der Waals surface area contributed by atoms with Crippen LogP contribution in [0.2, 0.25) is 5.02 Å². The molecule has 1 amide bonds. The van der Waals surface area contributed by atoms with Crippen LogP contribution >= 0.6 is 22.9 Å². The summed E-state index contributed by atoms with van der Waals surface area (Å²) in [5, 5.41) is 8.46. The van der Waals surface area contributed by atoms with E-state index in [1.54, 1.807) is 11.3 Å². The lowest BCUT2D eigenvalue weighted by Gasteiger charge is -2.34. The van der Waals surface area contributed by atoms with Crippen molar-refractivity contribution in [2.24, 2.45) is 0 Å². The lowest BCUT2D eigenvalue weighted by Crippen LogP contribution is -2.49. The lowest BCUT2D eigenvalue weighted by atomic mass is 10.1. The fraction of sp³-hybridized carbons (Fsp3) is 0.381. The molecule has 3 aromatic rings. The third-order valence-corrected chi connectivity index (χ3v) is 6.62. The number of piperazine rings is 1. The smallest absolute Gasteiger partial charge is 0.227 e. The summed E-state index contributed by atoms with van der Waals surface area (Å²) in [5.74, 6) is 0.154. The molecule has 8 heteroatoms. The summed E-state index contributed by atoms with van der Waals surface area (Å²) in [7, 11) is 0. The second-order valence-electron chi connectivity index (χ2n) is 7.35. The van der Waals surface area contributed by atoms with Crippen LogP contribution in [0, 0.1) is 20.8 Å². The highest BCUT2D eigenvalue weighted by molar-refractivity contribution is 7.13. The number of aromatic nitrogens is 3. The molecular formula is C21H24ClN5OS. The third kappa shape index (κ3) is 4.16. The average molecular weight is 430 g/mol. The van der Waals surface area contributed by atoms with E-state index in [1.165, 1.54) is 0 Å². The highest BCUT2D eigenvalue weighted by Gasteiger charge is 2.24. The fourth-order valence-corrected chi connectivity index (χ4v) is 4.64. The van der Waals surface area contributed by atoms with Crippen LogP contribution in [0.15, 0.2) is 29.6 Å². The molecule has 152 valence electrons. The Hall–Kier alpha value is -2.38. The summed E-state index contributed by atoms with van der Waals surface area (Å²) in [4.78, 5) is 21.7. The molecule has 1 aromatic carbocycles. The van der Waals surface area contributed by atoms with E-state index >= 15 is 0 Å². The predicted molar refractivity (Wildman–Crippen MR) is 117 cm³/mol. The van der Waals surface area contributed by atoms with E-state index < -0.39 is 0 Å². The molecule has 3 heterocycles. The van der Waals surface area contributed by atoms with Crippen LogP contribution in [0.5, 0.6) is 0 Å². The molecule has 6 nitrogen and oxygen atoms in total. The second kappa shape index (κ2) is 8.16. The summed E-state index contributed by atoms with van der Waals surface area (Å²) in [6, 6.07) is 7.57. The van der Waals surface area contributed by atoms with Crippen molar-refractivity contribution in [1.29, 1.82) is 0 Å². The first-order chi connectivity index (χ1) is 13.9. The van der Waals surface area contributed by atoms with Crippen molar-refractivity contribution in [1.82, 2.24) is 19.7 Å². The number of carbonyl (C=O) groups excluding carboxylic acids is 1. The molecule has 1 saturated heterocycles. The van der Waals surface area contributed by atoms with Gasteiger partial charge in [0.2, 0.25) is 5.91 Å². The number of halogens is 1. The number of thiazole rings is 1. The summed E-state index contributed by atoms with van der Waals surface area (Å²) >= 11 is 7.66. The van der Waals surface area contributed by atoms with Gasteiger partial charge >= 0.3 is 0 Å². The average Bonchev–Trinajstić information content (AvgIpc) is 3.27. The van der Waals surface area contributed by atoms with Crippen LogP contribution in [0.3, 0.4) is 0 Å². The third-order valence-electron chi connectivity index (χ3n) is 5.35. The van der Waals surface area contributed by atoms with Crippen molar-refractivity contribution >= 4 is 34.0 Å². The van der Waals surface area contributed by atoms with Crippen molar-refractivity contribution in [3.8, 4) is 5.69 Å². The molecule has 0 bridgehead atoms. The monoisotopic (exact) mass is 429 g/mol. The van der Waals surface area contributed by atoms with Gasteiger partial charge in [-0.15, -0.1) is 11.3 Å². The highest BCUT2D eigenvalue weighted by Crippen LogP contribution is 2.23. The van der Waals surface area contributed by atoms with Crippen LogP contribution in [0.4, 0.5) is 5.13 Å². The van der Waals surface area contributed by atoms with Crippen molar-refractivity contribution in [3.05, 3.63) is 57.3 Å². The van der Waals surface area contributed by atoms with E-state index in [2.05, 4.69) is 20.4 Å². The molecule has 2 aromatic heterocycles. The largest absolute Gasteiger partial charge is 0.345 e. The number of nitrogens with zero attached hydrogens (tertiary/aromatic N) is 5. The van der Waals surface area contributed by atoms with Gasteiger partial charge in [0.1, 0.15) is 0 Å². The Morgan fingerprint density at radius 2 is 1.79 bits per heavy atom. The minimum absolute atomic E-state index is 0.154. The first kappa shape index (κ1) is 19.9. The SMILES string of the molecule is Cc1csc(N2CCN(C(=O)Cc3c(C)nn(-c4ccc(Cl)cc4)c3C)CC2)n1. The van der Waals surface area contributed by atoms with Gasteiger partial charge in [-0.3, -0.25) is 4.79 Å². The van der Waals surface area contributed by atoms with Crippen LogP contribution in [0.25, 0.3) is 5.69 Å². The Bertz CT molecular complexity index is 1020. The molecule has 29 heavy (non-hydrogen) atoms. The van der Waals surface area contributed by atoms with E-state index in [0.717, 1.165) is 59.6 Å². The number of amides is 1. The van der Waals surface area contributed by atoms with E-state index in [1.807, 2.05) is 54.6 Å². The molecule has 0 unspecified atom stereocenters. The number of rotatable bonds is 4. The van der Waals surface area contributed by atoms with Crippen LogP contribution in [-0.2, 0) is 11.2 Å². The van der Waals surface area contributed by atoms with Crippen molar-refractivity contribution in [3.63, 3.8) is 0 Å². The van der Waals surface area contributed by atoms with Gasteiger partial charge in [-0.25, -0.2) is 9.67 Å². The molecule has 1 aliphatic heterocycles.